The fourth-order valence-corrected chi connectivity index (χ4v) is 6.45. The minimum Gasteiger partial charge on any atom is -0.397 e. The highest BCUT2D eigenvalue weighted by molar-refractivity contribution is 6.70. The molecule has 0 aromatic carbocycles. The Balaban J connectivity index is 2.69. The van der Waals surface area contributed by atoms with Crippen LogP contribution in [0.15, 0.2) is 0 Å². The van der Waals surface area contributed by atoms with Gasteiger partial charge in [0.2, 0.25) is 0 Å². The van der Waals surface area contributed by atoms with Crippen LogP contribution < -0.4 is 0 Å². The molecule has 1 fully saturated rings. The maximum Gasteiger partial charge on any atom is 0.343 e. The molecule has 0 aromatic heterocycles. The molecule has 1 rings (SSSR count). The van der Waals surface area contributed by atoms with E-state index in [0.29, 0.717) is 0 Å². The number of hydrogen-bond donors (Lipinski definition) is 0. The molecule has 96 valence electrons. The normalized spacial score (nSPS) is 20.1. The Hall–Kier alpha value is 0.137. The first kappa shape index (κ1) is 14.2. The van der Waals surface area contributed by atoms with Crippen molar-refractivity contribution < 1.29 is 8.85 Å². The molecular weight excluding hydrogens is 216 g/mol. The summed E-state index contributed by atoms with van der Waals surface area (Å²) in [6.45, 7) is 6.78. The monoisotopic (exact) mass is 244 g/mol. The van der Waals surface area contributed by atoms with Crippen LogP contribution >= 0.6 is 0 Å². The van der Waals surface area contributed by atoms with E-state index in [4.69, 9.17) is 8.85 Å². The van der Waals surface area contributed by atoms with E-state index >= 15 is 0 Å². The zero-order valence-corrected chi connectivity index (χ0v) is 12.6. The zero-order valence-electron chi connectivity index (χ0n) is 11.6. The second kappa shape index (κ2) is 5.65. The van der Waals surface area contributed by atoms with Gasteiger partial charge in [0.05, 0.1) is 0 Å². The molecule has 0 spiro atoms. The van der Waals surface area contributed by atoms with E-state index in [0.717, 1.165) is 5.92 Å². The van der Waals surface area contributed by atoms with Crippen LogP contribution in [0, 0.1) is 5.92 Å². The van der Waals surface area contributed by atoms with E-state index in [1.54, 1.807) is 0 Å². The SMILES string of the molecule is CO[Si](CC1CCCCC1)(OC)C(C)(C)C. The average Bonchev–Trinajstić information content (AvgIpc) is 2.25. The third kappa shape index (κ3) is 3.08. The molecule has 0 amide bonds. The maximum atomic E-state index is 5.87. The van der Waals surface area contributed by atoms with Crippen LogP contribution in [0.3, 0.4) is 0 Å². The lowest BCUT2D eigenvalue weighted by atomic mass is 9.91. The van der Waals surface area contributed by atoms with E-state index in [1.165, 1.54) is 38.1 Å². The largest absolute Gasteiger partial charge is 0.397 e. The summed E-state index contributed by atoms with van der Waals surface area (Å²) in [5.74, 6) is 0.833. The van der Waals surface area contributed by atoms with E-state index < -0.39 is 8.56 Å². The smallest absolute Gasteiger partial charge is 0.343 e. The molecule has 16 heavy (non-hydrogen) atoms. The fraction of sp³-hybridized carbons (Fsp3) is 1.00. The van der Waals surface area contributed by atoms with Gasteiger partial charge in [-0.05, 0) is 12.0 Å². The van der Waals surface area contributed by atoms with E-state index in [9.17, 15) is 0 Å². The fourth-order valence-electron chi connectivity index (χ4n) is 2.94. The van der Waals surface area contributed by atoms with Crippen molar-refractivity contribution in [1.82, 2.24) is 0 Å². The van der Waals surface area contributed by atoms with Crippen LogP contribution in [-0.2, 0) is 8.85 Å². The highest BCUT2D eigenvalue weighted by atomic mass is 28.4. The average molecular weight is 244 g/mol. The van der Waals surface area contributed by atoms with Gasteiger partial charge in [-0.15, -0.1) is 0 Å². The van der Waals surface area contributed by atoms with Gasteiger partial charge in [-0.2, -0.15) is 0 Å². The first-order valence-corrected chi connectivity index (χ1v) is 8.58. The maximum absolute atomic E-state index is 5.87. The van der Waals surface area contributed by atoms with Gasteiger partial charge in [0.1, 0.15) is 0 Å². The van der Waals surface area contributed by atoms with Gasteiger partial charge in [-0.1, -0.05) is 52.9 Å². The first-order valence-electron chi connectivity index (χ1n) is 6.55. The summed E-state index contributed by atoms with van der Waals surface area (Å²) >= 11 is 0. The Bertz CT molecular complexity index is 200. The van der Waals surface area contributed by atoms with E-state index in [1.807, 2.05) is 14.2 Å². The standard InChI is InChI=1S/C13H28O2Si/c1-13(2,3)16(14-4,15-5)11-12-9-7-6-8-10-12/h12H,6-11H2,1-5H3. The molecule has 0 N–H and O–H groups in total. The number of rotatable bonds is 4. The predicted molar refractivity (Wildman–Crippen MR) is 70.9 cm³/mol. The molecule has 0 bridgehead atoms. The Morgan fingerprint density at radius 1 is 1.00 bits per heavy atom. The highest BCUT2D eigenvalue weighted by Crippen LogP contribution is 2.44. The molecule has 1 aliphatic rings. The lowest BCUT2D eigenvalue weighted by molar-refractivity contribution is 0.200. The minimum absolute atomic E-state index is 0.161. The molecule has 0 aliphatic heterocycles. The van der Waals surface area contributed by atoms with Crippen LogP contribution in [0.5, 0.6) is 0 Å². The number of hydrogen-bond acceptors (Lipinski definition) is 2. The molecule has 0 heterocycles. The lowest BCUT2D eigenvalue weighted by Crippen LogP contribution is -2.50. The van der Waals surface area contributed by atoms with Crippen LogP contribution in [0.25, 0.3) is 0 Å². The Morgan fingerprint density at radius 3 is 1.88 bits per heavy atom. The molecular formula is C13H28O2Si. The van der Waals surface area contributed by atoms with Crippen molar-refractivity contribution in [1.29, 1.82) is 0 Å². The Morgan fingerprint density at radius 2 is 1.50 bits per heavy atom. The summed E-state index contributed by atoms with van der Waals surface area (Å²) < 4.78 is 11.7. The zero-order chi connectivity index (χ0) is 12.2. The van der Waals surface area contributed by atoms with Crippen LogP contribution in [0.2, 0.25) is 11.1 Å². The molecule has 1 saturated carbocycles. The summed E-state index contributed by atoms with van der Waals surface area (Å²) in [7, 11) is 1.64. The molecule has 0 unspecified atom stereocenters. The molecule has 3 heteroatoms. The molecule has 0 saturated heterocycles. The molecule has 0 radical (unpaired) electrons. The Kier molecular flexibility index (Phi) is 5.01. The summed E-state index contributed by atoms with van der Waals surface area (Å²) in [5.41, 5.74) is 0. The summed E-state index contributed by atoms with van der Waals surface area (Å²) in [5, 5.41) is 0.161. The van der Waals surface area contributed by atoms with Gasteiger partial charge >= 0.3 is 8.56 Å². The van der Waals surface area contributed by atoms with Crippen molar-refractivity contribution in [3.05, 3.63) is 0 Å². The molecule has 0 aromatic rings. The quantitative estimate of drug-likeness (QED) is 0.693. The van der Waals surface area contributed by atoms with Crippen LogP contribution in [-0.4, -0.2) is 22.8 Å². The highest BCUT2D eigenvalue weighted by Gasteiger charge is 2.49. The van der Waals surface area contributed by atoms with Crippen molar-refractivity contribution in [2.75, 3.05) is 14.2 Å². The molecule has 2 nitrogen and oxygen atoms in total. The van der Waals surface area contributed by atoms with Gasteiger partial charge in [-0.25, -0.2) is 0 Å². The molecule has 0 atom stereocenters. The summed E-state index contributed by atoms with van der Waals surface area (Å²) in [6.07, 6.45) is 6.95. The Labute approximate surface area is 102 Å². The second-order valence-corrected chi connectivity index (χ2v) is 10.3. The topological polar surface area (TPSA) is 18.5 Å². The third-order valence-electron chi connectivity index (χ3n) is 4.08. The summed E-state index contributed by atoms with van der Waals surface area (Å²) in [6, 6.07) is 1.17. The van der Waals surface area contributed by atoms with Gasteiger partial charge in [0.25, 0.3) is 0 Å². The van der Waals surface area contributed by atoms with Crippen LogP contribution in [0.4, 0.5) is 0 Å². The minimum atomic E-state index is -2.03. The first-order chi connectivity index (χ1) is 7.45. The summed E-state index contributed by atoms with van der Waals surface area (Å²) in [4.78, 5) is 0. The van der Waals surface area contributed by atoms with Crippen LogP contribution in [0.1, 0.15) is 52.9 Å². The van der Waals surface area contributed by atoms with E-state index in [-0.39, 0.29) is 5.04 Å². The second-order valence-electron chi connectivity index (χ2n) is 6.12. The lowest BCUT2D eigenvalue weighted by Gasteiger charge is -2.41. The van der Waals surface area contributed by atoms with E-state index in [2.05, 4.69) is 20.8 Å². The third-order valence-corrected chi connectivity index (χ3v) is 8.80. The predicted octanol–water partition coefficient (Wildman–Crippen LogP) is 4.10. The van der Waals surface area contributed by atoms with Crippen molar-refractivity contribution in [2.45, 2.75) is 64.0 Å². The van der Waals surface area contributed by atoms with Gasteiger partial charge in [-0.3, -0.25) is 0 Å². The van der Waals surface area contributed by atoms with Crippen molar-refractivity contribution >= 4 is 8.56 Å². The van der Waals surface area contributed by atoms with Gasteiger partial charge in [0, 0.05) is 19.3 Å². The van der Waals surface area contributed by atoms with Crippen molar-refractivity contribution in [3.8, 4) is 0 Å². The van der Waals surface area contributed by atoms with Gasteiger partial charge < -0.3 is 8.85 Å². The van der Waals surface area contributed by atoms with Gasteiger partial charge in [0.15, 0.2) is 0 Å². The molecule has 1 aliphatic carbocycles. The van der Waals surface area contributed by atoms with Crippen molar-refractivity contribution in [2.24, 2.45) is 5.92 Å². The van der Waals surface area contributed by atoms with Crippen molar-refractivity contribution in [3.63, 3.8) is 0 Å².